The van der Waals surface area contributed by atoms with E-state index in [9.17, 15) is 9.59 Å². The molecule has 0 saturated heterocycles. The van der Waals surface area contributed by atoms with Crippen molar-refractivity contribution < 1.29 is 14.0 Å². The number of urea groups is 1. The van der Waals surface area contributed by atoms with E-state index in [1.807, 2.05) is 28.7 Å². The number of anilines is 2. The summed E-state index contributed by atoms with van der Waals surface area (Å²) in [6.45, 7) is 0. The lowest BCUT2D eigenvalue weighted by Gasteiger charge is -2.04. The van der Waals surface area contributed by atoms with Crippen LogP contribution in [0.25, 0.3) is 6.08 Å². The molecule has 0 aliphatic carbocycles. The highest BCUT2D eigenvalue weighted by atomic mass is 127. The Hall–Kier alpha value is -2.29. The minimum atomic E-state index is -0.636. The van der Waals surface area contributed by atoms with Crippen molar-refractivity contribution in [1.29, 1.82) is 0 Å². The normalized spacial score (nSPS) is 10.5. The number of rotatable bonds is 4. The molecule has 0 fully saturated rings. The molecule has 0 radical (unpaired) electrons. The van der Waals surface area contributed by atoms with Crippen molar-refractivity contribution in [3.05, 3.63) is 52.0 Å². The Morgan fingerprint density at radius 3 is 2.19 bits per heavy atom. The van der Waals surface area contributed by atoms with Crippen molar-refractivity contribution in [2.24, 2.45) is 5.73 Å². The summed E-state index contributed by atoms with van der Waals surface area (Å²) >= 11 is 2.05. The van der Waals surface area contributed by atoms with Gasteiger partial charge in [-0.15, -0.1) is 0 Å². The first-order valence-corrected chi connectivity index (χ1v) is 7.02. The van der Waals surface area contributed by atoms with E-state index < -0.39 is 6.03 Å². The second-order valence-electron chi connectivity index (χ2n) is 4.03. The highest BCUT2D eigenvalue weighted by Gasteiger charge is 2.01. The third-order valence-electron chi connectivity index (χ3n) is 2.41. The molecule has 1 aromatic heterocycles. The Morgan fingerprint density at radius 1 is 1.05 bits per heavy atom. The lowest BCUT2D eigenvalue weighted by molar-refractivity contribution is -0.111. The van der Waals surface area contributed by atoms with E-state index in [2.05, 4.69) is 10.6 Å². The van der Waals surface area contributed by atoms with Gasteiger partial charge in [-0.05, 0) is 65.1 Å². The predicted molar refractivity (Wildman–Crippen MR) is 88.7 cm³/mol. The predicted octanol–water partition coefficient (Wildman–Crippen LogP) is 3.03. The summed E-state index contributed by atoms with van der Waals surface area (Å²) in [5, 5.41) is 5.12. The van der Waals surface area contributed by atoms with Crippen LogP contribution in [-0.4, -0.2) is 11.9 Å². The van der Waals surface area contributed by atoms with Crippen LogP contribution in [0.1, 0.15) is 5.76 Å². The van der Waals surface area contributed by atoms with E-state index in [4.69, 9.17) is 10.2 Å². The summed E-state index contributed by atoms with van der Waals surface area (Å²) in [5.41, 5.74) is 6.16. The van der Waals surface area contributed by atoms with Crippen LogP contribution in [0.2, 0.25) is 0 Å². The van der Waals surface area contributed by atoms with E-state index in [0.717, 1.165) is 3.77 Å². The van der Waals surface area contributed by atoms with Gasteiger partial charge in [0, 0.05) is 17.5 Å². The first kappa shape index (κ1) is 15.1. The van der Waals surface area contributed by atoms with Crippen molar-refractivity contribution in [3.8, 4) is 0 Å². The van der Waals surface area contributed by atoms with Crippen LogP contribution in [0.5, 0.6) is 0 Å². The lowest BCUT2D eigenvalue weighted by Crippen LogP contribution is -2.19. The molecule has 0 aliphatic rings. The van der Waals surface area contributed by atoms with E-state index >= 15 is 0 Å². The molecule has 4 N–H and O–H groups in total. The van der Waals surface area contributed by atoms with E-state index in [1.54, 1.807) is 36.4 Å². The molecule has 0 unspecified atom stereocenters. The molecular weight excluding hydrogens is 385 g/mol. The van der Waals surface area contributed by atoms with Crippen LogP contribution in [0.15, 0.2) is 46.9 Å². The lowest BCUT2D eigenvalue weighted by atomic mass is 10.2. The van der Waals surface area contributed by atoms with Crippen molar-refractivity contribution in [1.82, 2.24) is 0 Å². The summed E-state index contributed by atoms with van der Waals surface area (Å²) < 4.78 is 6.06. The fourth-order valence-electron chi connectivity index (χ4n) is 1.54. The molecule has 0 spiro atoms. The average molecular weight is 397 g/mol. The second kappa shape index (κ2) is 6.93. The Bertz CT molecular complexity index is 677. The van der Waals surface area contributed by atoms with Gasteiger partial charge >= 0.3 is 6.03 Å². The fraction of sp³-hybridized carbons (Fsp3) is 0. The average Bonchev–Trinajstić information content (AvgIpc) is 2.84. The number of primary amides is 1. The molecule has 7 heteroatoms. The fourth-order valence-corrected chi connectivity index (χ4v) is 1.97. The number of hydrogen-bond donors (Lipinski definition) is 3. The Morgan fingerprint density at radius 2 is 1.67 bits per heavy atom. The second-order valence-corrected chi connectivity index (χ2v) is 5.09. The van der Waals surface area contributed by atoms with Crippen molar-refractivity contribution >= 4 is 52.0 Å². The van der Waals surface area contributed by atoms with Gasteiger partial charge in [0.05, 0.1) is 0 Å². The molecule has 3 amide bonds. The molecule has 0 saturated carbocycles. The first-order valence-electron chi connectivity index (χ1n) is 5.94. The maximum atomic E-state index is 11.7. The molecular formula is C14H12IN3O3. The van der Waals surface area contributed by atoms with Crippen LogP contribution >= 0.6 is 22.6 Å². The smallest absolute Gasteiger partial charge is 0.316 e. The molecule has 21 heavy (non-hydrogen) atoms. The largest absolute Gasteiger partial charge is 0.451 e. The van der Waals surface area contributed by atoms with Crippen LogP contribution in [0.3, 0.4) is 0 Å². The van der Waals surface area contributed by atoms with Crippen molar-refractivity contribution in [3.63, 3.8) is 0 Å². The minimum absolute atomic E-state index is 0.281. The third kappa shape index (κ3) is 4.95. The minimum Gasteiger partial charge on any atom is -0.451 e. The van der Waals surface area contributed by atoms with E-state index in [-0.39, 0.29) is 5.91 Å². The zero-order valence-corrected chi connectivity index (χ0v) is 13.0. The number of furan rings is 1. The summed E-state index contributed by atoms with van der Waals surface area (Å²) in [7, 11) is 0. The summed E-state index contributed by atoms with van der Waals surface area (Å²) in [4.78, 5) is 22.4. The molecule has 1 aromatic carbocycles. The van der Waals surface area contributed by atoms with Crippen LogP contribution in [0, 0.1) is 3.77 Å². The number of benzene rings is 1. The van der Waals surface area contributed by atoms with E-state index in [0.29, 0.717) is 17.1 Å². The molecule has 0 bridgehead atoms. The van der Waals surface area contributed by atoms with Crippen molar-refractivity contribution in [2.45, 2.75) is 0 Å². The number of carbonyl (C=O) groups excluding carboxylic acids is 2. The summed E-state index contributed by atoms with van der Waals surface area (Å²) in [5.74, 6) is 0.326. The highest BCUT2D eigenvalue weighted by Crippen LogP contribution is 2.14. The topological polar surface area (TPSA) is 97.4 Å². The SMILES string of the molecule is NC(=O)Nc1ccc(NC(=O)/C=C/c2ccc(I)o2)cc1. The molecule has 0 aliphatic heterocycles. The summed E-state index contributed by atoms with van der Waals surface area (Å²) in [6, 6.07) is 9.54. The van der Waals surface area contributed by atoms with Crippen LogP contribution in [0.4, 0.5) is 16.2 Å². The quantitative estimate of drug-likeness (QED) is 0.547. The van der Waals surface area contributed by atoms with Gasteiger partial charge in [0.2, 0.25) is 5.91 Å². The first-order chi connectivity index (χ1) is 10.0. The number of halogens is 1. The standard InChI is InChI=1S/C14H12IN3O3/c15-12-7-5-11(21-12)6-8-13(19)17-9-1-3-10(4-2-9)18-14(16)20/h1-8H,(H,17,19)(H3,16,18,20)/b8-6+. The maximum absolute atomic E-state index is 11.7. The Balaban J connectivity index is 1.93. The molecule has 2 aromatic rings. The monoisotopic (exact) mass is 397 g/mol. The van der Waals surface area contributed by atoms with Gasteiger partial charge in [0.25, 0.3) is 0 Å². The summed E-state index contributed by atoms with van der Waals surface area (Å²) in [6.07, 6.45) is 2.96. The Kier molecular flexibility index (Phi) is 4.99. The molecule has 108 valence electrons. The number of nitrogens with one attached hydrogen (secondary N) is 2. The number of carbonyl (C=O) groups is 2. The highest BCUT2D eigenvalue weighted by molar-refractivity contribution is 14.1. The van der Waals surface area contributed by atoms with E-state index in [1.165, 1.54) is 6.08 Å². The number of nitrogens with two attached hydrogens (primary N) is 1. The van der Waals surface area contributed by atoms with Gasteiger partial charge in [-0.25, -0.2) is 4.79 Å². The molecule has 6 nitrogen and oxygen atoms in total. The van der Waals surface area contributed by atoms with Gasteiger partial charge in [0.1, 0.15) is 5.76 Å². The molecule has 1 heterocycles. The van der Waals surface area contributed by atoms with Gasteiger partial charge < -0.3 is 20.8 Å². The number of amides is 3. The molecule has 0 atom stereocenters. The van der Waals surface area contributed by atoms with Gasteiger partial charge in [-0.2, -0.15) is 0 Å². The van der Waals surface area contributed by atoms with Gasteiger partial charge in [0.15, 0.2) is 3.77 Å². The Labute approximate surface area is 134 Å². The van der Waals surface area contributed by atoms with Crippen LogP contribution < -0.4 is 16.4 Å². The van der Waals surface area contributed by atoms with Gasteiger partial charge in [-0.3, -0.25) is 4.79 Å². The number of hydrogen-bond acceptors (Lipinski definition) is 3. The van der Waals surface area contributed by atoms with Crippen molar-refractivity contribution in [2.75, 3.05) is 10.6 Å². The zero-order valence-electron chi connectivity index (χ0n) is 10.8. The maximum Gasteiger partial charge on any atom is 0.316 e. The molecule has 2 rings (SSSR count). The zero-order chi connectivity index (χ0) is 15.2. The van der Waals surface area contributed by atoms with Gasteiger partial charge in [-0.1, -0.05) is 0 Å². The third-order valence-corrected chi connectivity index (χ3v) is 2.99. The van der Waals surface area contributed by atoms with Crippen LogP contribution in [-0.2, 0) is 4.79 Å².